The first-order valence-corrected chi connectivity index (χ1v) is 8.12. The fourth-order valence-corrected chi connectivity index (χ4v) is 3.04. The van der Waals surface area contributed by atoms with Crippen molar-refractivity contribution >= 4 is 5.97 Å². The van der Waals surface area contributed by atoms with Gasteiger partial charge in [-0.25, -0.2) is 4.98 Å². The number of hydrogen-bond donors (Lipinski definition) is 0. The summed E-state index contributed by atoms with van der Waals surface area (Å²) < 4.78 is 15.7. The molecular weight excluding hydrogens is 308 g/mol. The first-order chi connectivity index (χ1) is 11.7. The number of nitrogens with zero attached hydrogens (tertiary/aromatic N) is 2. The van der Waals surface area contributed by atoms with E-state index in [2.05, 4.69) is 9.88 Å². The molecule has 128 valence electrons. The third-order valence-electron chi connectivity index (χ3n) is 4.34. The minimum Gasteiger partial charge on any atom is -0.497 e. The summed E-state index contributed by atoms with van der Waals surface area (Å²) in [5.74, 6) is 1.19. The molecule has 0 aliphatic carbocycles. The molecule has 0 amide bonds. The van der Waals surface area contributed by atoms with Gasteiger partial charge in [0.15, 0.2) is 0 Å². The van der Waals surface area contributed by atoms with Crippen LogP contribution in [0.25, 0.3) is 11.5 Å². The highest BCUT2D eigenvalue weighted by Crippen LogP contribution is 2.24. The number of likely N-dealkylation sites (tertiary alicyclic amines) is 1. The first-order valence-electron chi connectivity index (χ1n) is 8.12. The minimum atomic E-state index is -0.190. The number of carbonyl (C=O) groups excluding carboxylic acids is 1. The molecule has 0 spiro atoms. The zero-order valence-corrected chi connectivity index (χ0v) is 14.0. The molecule has 1 aromatic heterocycles. The molecule has 1 fully saturated rings. The Labute approximate surface area is 141 Å². The van der Waals surface area contributed by atoms with Gasteiger partial charge in [0.25, 0.3) is 0 Å². The molecule has 6 heteroatoms. The quantitative estimate of drug-likeness (QED) is 0.786. The van der Waals surface area contributed by atoms with Gasteiger partial charge in [-0.1, -0.05) is 6.42 Å². The summed E-state index contributed by atoms with van der Waals surface area (Å²) in [6.07, 6.45) is 4.61. The maximum Gasteiger partial charge on any atom is 0.323 e. The lowest BCUT2D eigenvalue weighted by Gasteiger charge is -2.32. The summed E-state index contributed by atoms with van der Waals surface area (Å²) in [4.78, 5) is 18.6. The average Bonchev–Trinajstić information content (AvgIpc) is 3.10. The molecule has 1 saturated heterocycles. The molecule has 24 heavy (non-hydrogen) atoms. The highest BCUT2D eigenvalue weighted by molar-refractivity contribution is 5.75. The van der Waals surface area contributed by atoms with E-state index in [-0.39, 0.29) is 12.0 Å². The van der Waals surface area contributed by atoms with E-state index in [1.165, 1.54) is 7.11 Å². The molecule has 3 rings (SSSR count). The Morgan fingerprint density at radius 3 is 2.79 bits per heavy atom. The van der Waals surface area contributed by atoms with Crippen LogP contribution in [0, 0.1) is 0 Å². The van der Waals surface area contributed by atoms with Crippen LogP contribution in [0.5, 0.6) is 5.75 Å². The molecule has 1 atom stereocenters. The number of esters is 1. The fraction of sp³-hybridized carbons (Fsp3) is 0.444. The maximum atomic E-state index is 11.9. The molecule has 0 radical (unpaired) electrons. The largest absolute Gasteiger partial charge is 0.497 e. The second-order valence-electron chi connectivity index (χ2n) is 5.88. The molecule has 1 aromatic carbocycles. The number of benzene rings is 1. The van der Waals surface area contributed by atoms with Gasteiger partial charge >= 0.3 is 5.97 Å². The van der Waals surface area contributed by atoms with Gasteiger partial charge in [-0.15, -0.1) is 0 Å². The summed E-state index contributed by atoms with van der Waals surface area (Å²) in [6, 6.07) is 7.37. The van der Waals surface area contributed by atoms with E-state index in [1.807, 2.05) is 24.3 Å². The van der Waals surface area contributed by atoms with Gasteiger partial charge in [-0.3, -0.25) is 9.69 Å². The standard InChI is InChI=1S/C18H22N2O4/c1-22-15-8-6-13(7-9-15)17-19-14(12-24-17)11-20-10-4-3-5-16(20)18(21)23-2/h6-9,12,16H,3-5,10-11H2,1-2H3/t16-/m0/s1. The van der Waals surface area contributed by atoms with Crippen LogP contribution >= 0.6 is 0 Å². The lowest BCUT2D eigenvalue weighted by Crippen LogP contribution is -2.44. The Hall–Kier alpha value is -2.34. The molecule has 1 aliphatic heterocycles. The van der Waals surface area contributed by atoms with Crippen molar-refractivity contribution in [3.8, 4) is 17.2 Å². The molecule has 2 aromatic rings. The Morgan fingerprint density at radius 2 is 2.08 bits per heavy atom. The zero-order chi connectivity index (χ0) is 16.9. The lowest BCUT2D eigenvalue weighted by molar-refractivity contribution is -0.148. The van der Waals surface area contributed by atoms with Gasteiger partial charge in [0.2, 0.25) is 5.89 Å². The smallest absolute Gasteiger partial charge is 0.323 e. The molecule has 0 unspecified atom stereocenters. The van der Waals surface area contributed by atoms with Gasteiger partial charge in [0, 0.05) is 12.1 Å². The minimum absolute atomic E-state index is 0.173. The Bertz CT molecular complexity index is 681. The van der Waals surface area contributed by atoms with Crippen LogP contribution in [-0.4, -0.2) is 42.7 Å². The number of piperidine rings is 1. The summed E-state index contributed by atoms with van der Waals surface area (Å²) in [5.41, 5.74) is 1.71. The maximum absolute atomic E-state index is 11.9. The van der Waals surface area contributed by atoms with E-state index in [4.69, 9.17) is 13.9 Å². The van der Waals surface area contributed by atoms with Crippen LogP contribution in [0.2, 0.25) is 0 Å². The van der Waals surface area contributed by atoms with Gasteiger partial charge in [-0.05, 0) is 43.7 Å². The van der Waals surface area contributed by atoms with Crippen LogP contribution in [-0.2, 0) is 16.1 Å². The van der Waals surface area contributed by atoms with Crippen LogP contribution in [0.4, 0.5) is 0 Å². The molecule has 0 N–H and O–H groups in total. The van der Waals surface area contributed by atoms with E-state index >= 15 is 0 Å². The number of rotatable bonds is 5. The molecule has 6 nitrogen and oxygen atoms in total. The first kappa shape index (κ1) is 16.5. The van der Waals surface area contributed by atoms with Gasteiger partial charge in [0.1, 0.15) is 18.1 Å². The highest BCUT2D eigenvalue weighted by Gasteiger charge is 2.30. The van der Waals surface area contributed by atoms with E-state index < -0.39 is 0 Å². The number of carbonyl (C=O) groups is 1. The van der Waals surface area contributed by atoms with Gasteiger partial charge in [-0.2, -0.15) is 0 Å². The van der Waals surface area contributed by atoms with Crippen molar-refractivity contribution in [1.29, 1.82) is 0 Å². The zero-order valence-electron chi connectivity index (χ0n) is 14.0. The van der Waals surface area contributed by atoms with E-state index in [9.17, 15) is 4.79 Å². The van der Waals surface area contributed by atoms with Crippen LogP contribution in [0.15, 0.2) is 34.9 Å². The number of oxazole rings is 1. The SMILES string of the molecule is COC(=O)[C@@H]1CCCCN1Cc1coc(-c2ccc(OC)cc2)n1. The third kappa shape index (κ3) is 3.59. The monoisotopic (exact) mass is 330 g/mol. The fourth-order valence-electron chi connectivity index (χ4n) is 3.04. The normalized spacial score (nSPS) is 18.3. The topological polar surface area (TPSA) is 64.8 Å². The van der Waals surface area contributed by atoms with E-state index in [1.54, 1.807) is 13.4 Å². The van der Waals surface area contributed by atoms with Crippen LogP contribution in [0.1, 0.15) is 25.0 Å². The van der Waals surface area contributed by atoms with E-state index in [0.29, 0.717) is 12.4 Å². The number of ether oxygens (including phenoxy) is 2. The summed E-state index contributed by atoms with van der Waals surface area (Å²) in [7, 11) is 3.07. The van der Waals surface area contributed by atoms with Crippen molar-refractivity contribution < 1.29 is 18.7 Å². The van der Waals surface area contributed by atoms with Crippen molar-refractivity contribution in [1.82, 2.24) is 9.88 Å². The van der Waals surface area contributed by atoms with Crippen LogP contribution < -0.4 is 4.74 Å². The summed E-state index contributed by atoms with van der Waals surface area (Å²) >= 11 is 0. The van der Waals surface area contributed by atoms with Crippen LogP contribution in [0.3, 0.4) is 0 Å². The Balaban J connectivity index is 1.71. The Kier molecular flexibility index (Phi) is 5.15. The highest BCUT2D eigenvalue weighted by atomic mass is 16.5. The number of hydrogen-bond acceptors (Lipinski definition) is 6. The van der Waals surface area contributed by atoms with E-state index in [0.717, 1.165) is 42.8 Å². The third-order valence-corrected chi connectivity index (χ3v) is 4.34. The van der Waals surface area contributed by atoms with Crippen molar-refractivity contribution in [2.45, 2.75) is 31.8 Å². The molecule has 0 saturated carbocycles. The lowest BCUT2D eigenvalue weighted by atomic mass is 10.0. The van der Waals surface area contributed by atoms with Crippen molar-refractivity contribution in [3.63, 3.8) is 0 Å². The van der Waals surface area contributed by atoms with Crippen molar-refractivity contribution in [2.24, 2.45) is 0 Å². The predicted molar refractivity (Wildman–Crippen MR) is 88.6 cm³/mol. The summed E-state index contributed by atoms with van der Waals surface area (Å²) in [5, 5.41) is 0. The molecule has 0 bridgehead atoms. The second kappa shape index (κ2) is 7.49. The number of methoxy groups -OCH3 is 2. The summed E-state index contributed by atoms with van der Waals surface area (Å²) in [6.45, 7) is 1.45. The van der Waals surface area contributed by atoms with Gasteiger partial charge < -0.3 is 13.9 Å². The second-order valence-corrected chi connectivity index (χ2v) is 5.88. The average molecular weight is 330 g/mol. The molecule has 1 aliphatic rings. The van der Waals surface area contributed by atoms with Crippen molar-refractivity contribution in [3.05, 3.63) is 36.2 Å². The molecular formula is C18H22N2O4. The number of aromatic nitrogens is 1. The van der Waals surface area contributed by atoms with Crippen molar-refractivity contribution in [2.75, 3.05) is 20.8 Å². The Morgan fingerprint density at radius 1 is 1.29 bits per heavy atom. The predicted octanol–water partition coefficient (Wildman–Crippen LogP) is 2.88. The molecule has 2 heterocycles. The van der Waals surface area contributed by atoms with Gasteiger partial charge in [0.05, 0.1) is 19.9 Å².